The molecule has 0 amide bonds. The van der Waals surface area contributed by atoms with Gasteiger partial charge in [0.1, 0.15) is 17.2 Å². The van der Waals surface area contributed by atoms with Crippen molar-refractivity contribution in [2.45, 2.75) is 32.9 Å². The summed E-state index contributed by atoms with van der Waals surface area (Å²) in [6.07, 6.45) is 1.93. The summed E-state index contributed by atoms with van der Waals surface area (Å²) in [5.41, 5.74) is 9.02. The Kier molecular flexibility index (Phi) is 8.37. The van der Waals surface area contributed by atoms with Gasteiger partial charge in [-0.25, -0.2) is 4.98 Å². The fraction of sp³-hybridized carbons (Fsp3) is 0.146. The number of benzene rings is 5. The van der Waals surface area contributed by atoms with Gasteiger partial charge in [0.2, 0.25) is 0 Å². The second-order valence-corrected chi connectivity index (χ2v) is 17.4. The number of anilines is 3. The normalized spacial score (nSPS) is 13.0. The molecule has 7 heteroatoms. The monoisotopic (exact) mass is 824 g/mol. The molecule has 0 saturated carbocycles. The number of rotatable bonds is 6. The zero-order valence-corrected chi connectivity index (χ0v) is 30.9. The molecule has 0 atom stereocenters. The van der Waals surface area contributed by atoms with Crippen molar-refractivity contribution in [2.24, 2.45) is 0 Å². The Hall–Kier alpha value is -4.48. The van der Waals surface area contributed by atoms with E-state index in [2.05, 4.69) is 153 Å². The van der Waals surface area contributed by atoms with Gasteiger partial charge < -0.3 is 4.57 Å². The minimum atomic E-state index is -2.25. The topological polar surface area (TPSA) is 37.1 Å². The number of fused-ring (bicyclic) bond motifs is 4. The van der Waals surface area contributed by atoms with Crippen LogP contribution in [0, 0.1) is 12.1 Å². The summed E-state index contributed by atoms with van der Waals surface area (Å²) in [6.45, 7) is 9.27. The van der Waals surface area contributed by atoms with E-state index in [1.807, 2.05) is 29.4 Å². The zero-order chi connectivity index (χ0) is 32.3. The van der Waals surface area contributed by atoms with Crippen molar-refractivity contribution < 1.29 is 26.0 Å². The number of aromatic nitrogens is 2. The molecule has 0 bridgehead atoms. The fourth-order valence-corrected chi connectivity index (χ4v) is 9.06. The molecule has 7 aromatic rings. The predicted octanol–water partition coefficient (Wildman–Crippen LogP) is 8.82. The fourth-order valence-electron chi connectivity index (χ4n) is 6.88. The summed E-state index contributed by atoms with van der Waals surface area (Å²) in [7, 11) is -0.263. The van der Waals surface area contributed by atoms with Gasteiger partial charge in [-0.1, -0.05) is 87.1 Å². The molecule has 0 unspecified atom stereocenters. The molecule has 0 fully saturated rings. The van der Waals surface area contributed by atoms with E-state index in [1.165, 1.54) is 37.8 Å². The Bertz CT molecular complexity index is 2300. The summed E-state index contributed by atoms with van der Waals surface area (Å²) in [6, 6.07) is 48.7. The van der Waals surface area contributed by atoms with Crippen molar-refractivity contribution in [2.75, 3.05) is 17.2 Å². The van der Waals surface area contributed by atoms with E-state index in [4.69, 9.17) is 9.92 Å². The van der Waals surface area contributed by atoms with Crippen LogP contribution < -0.4 is 20.5 Å². The summed E-state index contributed by atoms with van der Waals surface area (Å²) < 4.78 is 2.29. The summed E-state index contributed by atoms with van der Waals surface area (Å²) in [5, 5.41) is 8.72. The maximum atomic E-state index is 4.94. The Morgan fingerprint density at radius 3 is 2.29 bits per heavy atom. The van der Waals surface area contributed by atoms with E-state index < -0.39 is 8.07 Å². The van der Waals surface area contributed by atoms with Gasteiger partial charge in [-0.05, 0) is 58.3 Å². The van der Waals surface area contributed by atoms with Gasteiger partial charge in [-0.3, -0.25) is 0 Å². The molecule has 8 rings (SSSR count). The van der Waals surface area contributed by atoms with Crippen LogP contribution in [0.5, 0.6) is 0 Å². The summed E-state index contributed by atoms with van der Waals surface area (Å²) in [4.78, 5) is 9.75. The molecule has 0 saturated heterocycles. The largest absolute Gasteiger partial charge is 0.319 e. The molecule has 5 aromatic carbocycles. The van der Waals surface area contributed by atoms with E-state index >= 15 is 0 Å². The van der Waals surface area contributed by atoms with Crippen LogP contribution >= 0.6 is 0 Å². The minimum Gasteiger partial charge on any atom is -0.319 e. The Morgan fingerprint density at radius 1 is 0.729 bits per heavy atom. The van der Waals surface area contributed by atoms with Gasteiger partial charge in [0.25, 0.3) is 0 Å². The molecule has 1 N–H and O–H groups in total. The maximum Gasteiger partial charge on any atom is 0.145 e. The predicted molar refractivity (Wildman–Crippen MR) is 198 cm³/mol. The van der Waals surface area contributed by atoms with Crippen LogP contribution in [0.4, 0.5) is 17.1 Å². The maximum absolute atomic E-state index is 4.94. The van der Waals surface area contributed by atoms with Crippen molar-refractivity contribution in [3.8, 4) is 16.9 Å². The molecule has 0 spiro atoms. The van der Waals surface area contributed by atoms with Crippen LogP contribution in [-0.2, 0) is 21.1 Å². The van der Waals surface area contributed by atoms with E-state index in [-0.39, 0.29) is 21.1 Å². The first-order valence-electron chi connectivity index (χ1n) is 16.2. The first kappa shape index (κ1) is 32.1. The molecular formula is C41H37N4OPtSi-. The van der Waals surface area contributed by atoms with Crippen molar-refractivity contribution >= 4 is 57.3 Å². The van der Waals surface area contributed by atoms with Gasteiger partial charge in [0.05, 0.1) is 15.1 Å². The van der Waals surface area contributed by atoms with Crippen molar-refractivity contribution in [1.29, 1.82) is 0 Å². The number of pyridine rings is 1. The number of nitrogens with zero attached hydrogens (tertiary/aromatic N) is 4. The van der Waals surface area contributed by atoms with Gasteiger partial charge in [0.15, 0.2) is 0 Å². The Morgan fingerprint density at radius 2 is 1.46 bits per heavy atom. The third-order valence-electron chi connectivity index (χ3n) is 9.49. The van der Waals surface area contributed by atoms with E-state index in [1.54, 1.807) is 0 Å². The van der Waals surface area contributed by atoms with Crippen molar-refractivity contribution in [3.63, 3.8) is 0 Å². The quantitative estimate of drug-likeness (QED) is 0.0957. The molecule has 1 aliphatic heterocycles. The number of hydrogen-bond acceptors (Lipinski definition) is 3. The smallest absolute Gasteiger partial charge is 0.145 e. The van der Waals surface area contributed by atoms with Gasteiger partial charge in [-0.15, -0.1) is 21.6 Å². The molecule has 242 valence electrons. The van der Waals surface area contributed by atoms with Crippen LogP contribution in [0.3, 0.4) is 0 Å². The molecule has 3 heterocycles. The average molecular weight is 825 g/mol. The zero-order valence-electron chi connectivity index (χ0n) is 27.7. The standard InChI is InChI=1S/C41H36N4OSi.Pt/c1-28(2)33-15-6-7-16-34(33)29-23-24-42-41(25-29)44-37-18-9-8-17-35(37)36-22-21-32(27-40(36)44)47(4,5)31-14-12-13-30(26-31)45-39-20-11-10-19-38(39)43(3)46-45;/h6-25,28H,1-5H3;/q-2;/p+1. The summed E-state index contributed by atoms with van der Waals surface area (Å²) >= 11 is 0. The van der Waals surface area contributed by atoms with E-state index in [0.29, 0.717) is 5.92 Å². The first-order chi connectivity index (χ1) is 22.8. The third-order valence-corrected chi connectivity index (χ3v) is 12.8. The Balaban J connectivity index is 0.00000364. The SMILES string of the molecule is CC(C)c1ccccc1-c1ccnc(-n2c3[c-]c([Si](C)(C)c4[c-]c(N5[OH+]N(C)c6ccccc65)ccc4)ccc3c3ccccc32)c1.[Pt]. The van der Waals surface area contributed by atoms with Crippen molar-refractivity contribution in [1.82, 2.24) is 9.55 Å². The van der Waals surface area contributed by atoms with Gasteiger partial charge in [-0.2, -0.15) is 51.7 Å². The average Bonchev–Trinajstić information content (AvgIpc) is 3.62. The summed E-state index contributed by atoms with van der Waals surface area (Å²) in [5.74, 6) is 1.32. The van der Waals surface area contributed by atoms with Crippen LogP contribution in [-0.4, -0.2) is 29.6 Å². The first-order valence-corrected chi connectivity index (χ1v) is 19.2. The van der Waals surface area contributed by atoms with Crippen LogP contribution in [0.1, 0.15) is 25.3 Å². The molecule has 1 aliphatic rings. The molecule has 48 heavy (non-hydrogen) atoms. The number of hydrogen-bond donors (Lipinski definition) is 0. The van der Waals surface area contributed by atoms with Crippen LogP contribution in [0.25, 0.3) is 38.8 Å². The molecule has 2 aromatic heterocycles. The molecule has 5 nitrogen and oxygen atoms in total. The van der Waals surface area contributed by atoms with E-state index in [0.717, 1.165) is 33.9 Å². The van der Waals surface area contributed by atoms with Crippen LogP contribution in [0.15, 0.2) is 121 Å². The molecule has 0 radical (unpaired) electrons. The Labute approximate surface area is 297 Å². The van der Waals surface area contributed by atoms with E-state index in [9.17, 15) is 0 Å². The third kappa shape index (κ3) is 5.29. The van der Waals surface area contributed by atoms with Gasteiger partial charge in [0, 0.05) is 38.5 Å². The second-order valence-electron chi connectivity index (χ2n) is 13.1. The molecular weight excluding hydrogens is 788 g/mol. The van der Waals surface area contributed by atoms with Crippen molar-refractivity contribution in [3.05, 3.63) is 139 Å². The minimum absolute atomic E-state index is 0. The number of hydroxylamine groups is 1. The number of para-hydroxylation sites is 3. The molecule has 0 aliphatic carbocycles. The van der Waals surface area contributed by atoms with Gasteiger partial charge >= 0.3 is 0 Å². The second kappa shape index (κ2) is 12.5. The van der Waals surface area contributed by atoms with Crippen LogP contribution in [0.2, 0.25) is 13.1 Å².